The Kier molecular flexibility index (Phi) is 4.07. The quantitative estimate of drug-likeness (QED) is 0.651. The van der Waals surface area contributed by atoms with Crippen LogP contribution in [0.3, 0.4) is 0 Å². The van der Waals surface area contributed by atoms with E-state index < -0.39 is 10.0 Å². The first-order chi connectivity index (χ1) is 14.5. The van der Waals surface area contributed by atoms with Crippen molar-refractivity contribution >= 4 is 20.9 Å². The third-order valence-electron chi connectivity index (χ3n) is 7.06. The number of sulfonamides is 1. The molecule has 3 heterocycles. The molecule has 1 saturated heterocycles. The molecule has 0 spiro atoms. The van der Waals surface area contributed by atoms with Gasteiger partial charge in [0.05, 0.1) is 11.8 Å². The maximum Gasteiger partial charge on any atom is 0.211 e. The molecular formula is C24H25N3O2S. The van der Waals surface area contributed by atoms with E-state index >= 15 is 0 Å². The number of fused-ring (bicyclic) bond motifs is 3. The van der Waals surface area contributed by atoms with Gasteiger partial charge in [0.15, 0.2) is 0 Å². The zero-order chi connectivity index (χ0) is 20.5. The van der Waals surface area contributed by atoms with E-state index in [0.717, 1.165) is 30.8 Å². The van der Waals surface area contributed by atoms with Crippen molar-refractivity contribution in [3.63, 3.8) is 0 Å². The molecule has 1 aromatic heterocycles. The van der Waals surface area contributed by atoms with E-state index in [1.54, 1.807) is 4.31 Å². The van der Waals surface area contributed by atoms with Crippen molar-refractivity contribution < 1.29 is 8.42 Å². The van der Waals surface area contributed by atoms with Crippen LogP contribution in [0, 0.1) is 11.8 Å². The van der Waals surface area contributed by atoms with Gasteiger partial charge in [-0.1, -0.05) is 36.4 Å². The smallest absolute Gasteiger partial charge is 0.211 e. The molecule has 2 fully saturated rings. The van der Waals surface area contributed by atoms with Crippen LogP contribution in [0.15, 0.2) is 54.6 Å². The summed E-state index contributed by atoms with van der Waals surface area (Å²) in [6, 6.07) is 19.6. The molecule has 1 saturated carbocycles. The molecule has 3 aromatic rings. The van der Waals surface area contributed by atoms with Gasteiger partial charge in [-0.05, 0) is 46.7 Å². The first-order valence-corrected chi connectivity index (χ1v) is 12.4. The van der Waals surface area contributed by atoms with E-state index in [4.69, 9.17) is 4.98 Å². The molecule has 6 rings (SSSR count). The highest BCUT2D eigenvalue weighted by Gasteiger charge is 2.58. The minimum atomic E-state index is -3.07. The largest absolute Gasteiger partial charge is 0.291 e. The van der Waals surface area contributed by atoms with Crippen LogP contribution in [0.4, 0.5) is 0 Å². The molecule has 1 unspecified atom stereocenters. The molecule has 0 radical (unpaired) electrons. The summed E-state index contributed by atoms with van der Waals surface area (Å²) in [4.78, 5) is 7.41. The number of pyridine rings is 1. The van der Waals surface area contributed by atoms with E-state index in [1.807, 2.05) is 0 Å². The van der Waals surface area contributed by atoms with Crippen LogP contribution in [-0.4, -0.2) is 42.0 Å². The molecule has 2 aromatic carbocycles. The second-order valence-corrected chi connectivity index (χ2v) is 11.1. The summed E-state index contributed by atoms with van der Waals surface area (Å²) in [5, 5.41) is 1.18. The average molecular weight is 420 g/mol. The van der Waals surface area contributed by atoms with Gasteiger partial charge in [0.1, 0.15) is 0 Å². The van der Waals surface area contributed by atoms with Gasteiger partial charge in [-0.2, -0.15) is 0 Å². The van der Waals surface area contributed by atoms with Crippen molar-refractivity contribution in [3.05, 3.63) is 77.0 Å². The van der Waals surface area contributed by atoms with Crippen LogP contribution >= 0.6 is 0 Å². The summed E-state index contributed by atoms with van der Waals surface area (Å²) >= 11 is 0. The van der Waals surface area contributed by atoms with E-state index in [9.17, 15) is 8.42 Å². The van der Waals surface area contributed by atoms with Crippen molar-refractivity contribution in [1.82, 2.24) is 14.2 Å². The first kappa shape index (κ1) is 18.5. The zero-order valence-corrected chi connectivity index (χ0v) is 17.8. The molecule has 1 aliphatic carbocycles. The fraction of sp³-hybridized carbons (Fsp3) is 0.375. The van der Waals surface area contributed by atoms with Gasteiger partial charge in [0.2, 0.25) is 10.0 Å². The van der Waals surface area contributed by atoms with Crippen LogP contribution < -0.4 is 0 Å². The van der Waals surface area contributed by atoms with Crippen LogP contribution in [0.25, 0.3) is 10.9 Å². The van der Waals surface area contributed by atoms with Crippen molar-refractivity contribution in [2.24, 2.45) is 11.8 Å². The molecule has 6 heteroatoms. The lowest BCUT2D eigenvalue weighted by Crippen LogP contribution is -2.30. The molecule has 30 heavy (non-hydrogen) atoms. The summed E-state index contributed by atoms with van der Waals surface area (Å²) in [5.41, 5.74) is 6.35. The molecule has 154 valence electrons. The van der Waals surface area contributed by atoms with Crippen LogP contribution in [0.2, 0.25) is 0 Å². The molecule has 3 aliphatic rings. The van der Waals surface area contributed by atoms with E-state index in [1.165, 1.54) is 28.3 Å². The minimum Gasteiger partial charge on any atom is -0.291 e. The second kappa shape index (κ2) is 6.61. The topological polar surface area (TPSA) is 53.5 Å². The Morgan fingerprint density at radius 3 is 2.33 bits per heavy atom. The van der Waals surface area contributed by atoms with E-state index in [0.29, 0.717) is 30.8 Å². The summed E-state index contributed by atoms with van der Waals surface area (Å²) in [5.74, 6) is 1.27. The molecule has 3 atom stereocenters. The summed E-state index contributed by atoms with van der Waals surface area (Å²) < 4.78 is 25.1. The van der Waals surface area contributed by atoms with E-state index in [2.05, 4.69) is 59.5 Å². The predicted octanol–water partition coefficient (Wildman–Crippen LogP) is 3.36. The van der Waals surface area contributed by atoms with Gasteiger partial charge in [-0.15, -0.1) is 0 Å². The Labute approximate surface area is 177 Å². The van der Waals surface area contributed by atoms with Gasteiger partial charge in [0.25, 0.3) is 0 Å². The van der Waals surface area contributed by atoms with Gasteiger partial charge in [0, 0.05) is 49.7 Å². The second-order valence-electron chi connectivity index (χ2n) is 9.11. The Hall–Kier alpha value is -2.28. The van der Waals surface area contributed by atoms with Crippen molar-refractivity contribution in [1.29, 1.82) is 0 Å². The van der Waals surface area contributed by atoms with Crippen LogP contribution in [0.1, 0.15) is 28.3 Å². The van der Waals surface area contributed by atoms with Gasteiger partial charge < -0.3 is 0 Å². The number of rotatable bonds is 4. The molecular weight excluding hydrogens is 394 g/mol. The number of nitrogens with zero attached hydrogens (tertiary/aromatic N) is 3. The maximum atomic E-state index is 11.7. The first-order valence-electron chi connectivity index (χ1n) is 10.6. The standard InChI is InChI=1S/C24H25N3O2S/c1-30(28,29)27-14-20-21(15-27)24(20)23-9-7-17-10-16(6-8-22(17)25-23)11-26-12-18-4-2-3-5-19(18)13-26/h2-10,20-21,24H,11-15H2,1H3/t20-,21+,24?. The van der Waals surface area contributed by atoms with Gasteiger partial charge in [-0.25, -0.2) is 12.7 Å². The Morgan fingerprint density at radius 2 is 1.67 bits per heavy atom. The monoisotopic (exact) mass is 419 g/mol. The number of aromatic nitrogens is 1. The highest BCUT2D eigenvalue weighted by atomic mass is 32.2. The normalized spacial score (nSPS) is 26.1. The summed E-state index contributed by atoms with van der Waals surface area (Å²) in [6.07, 6.45) is 1.31. The lowest BCUT2D eigenvalue weighted by Gasteiger charge is -2.17. The third kappa shape index (κ3) is 3.14. The molecule has 0 N–H and O–H groups in total. The van der Waals surface area contributed by atoms with Crippen LogP contribution in [0.5, 0.6) is 0 Å². The Balaban J connectivity index is 1.16. The zero-order valence-electron chi connectivity index (χ0n) is 17.0. The van der Waals surface area contributed by atoms with Crippen molar-refractivity contribution in [2.75, 3.05) is 19.3 Å². The fourth-order valence-electron chi connectivity index (χ4n) is 5.45. The minimum absolute atomic E-state index is 0.412. The van der Waals surface area contributed by atoms with Crippen molar-refractivity contribution in [2.45, 2.75) is 25.6 Å². The van der Waals surface area contributed by atoms with Crippen LogP contribution in [-0.2, 0) is 29.7 Å². The predicted molar refractivity (Wildman–Crippen MR) is 117 cm³/mol. The maximum absolute atomic E-state index is 11.7. The van der Waals surface area contributed by atoms with E-state index in [-0.39, 0.29) is 0 Å². The molecule has 5 nitrogen and oxygen atoms in total. The average Bonchev–Trinajstić information content (AvgIpc) is 3.04. The van der Waals surface area contributed by atoms with Crippen molar-refractivity contribution in [3.8, 4) is 0 Å². The highest BCUT2D eigenvalue weighted by Crippen LogP contribution is 2.58. The Morgan fingerprint density at radius 1 is 0.967 bits per heavy atom. The third-order valence-corrected chi connectivity index (χ3v) is 8.29. The molecule has 2 aliphatic heterocycles. The number of hydrogen-bond acceptors (Lipinski definition) is 4. The number of hydrogen-bond donors (Lipinski definition) is 0. The Bertz CT molecular complexity index is 1220. The highest BCUT2D eigenvalue weighted by molar-refractivity contribution is 7.88. The van der Waals surface area contributed by atoms with Gasteiger partial charge >= 0.3 is 0 Å². The fourth-order valence-corrected chi connectivity index (χ4v) is 6.33. The summed E-state index contributed by atoms with van der Waals surface area (Å²) in [7, 11) is -3.07. The summed E-state index contributed by atoms with van der Waals surface area (Å²) in [6.45, 7) is 4.26. The van der Waals surface area contributed by atoms with Gasteiger partial charge in [-0.3, -0.25) is 9.88 Å². The lowest BCUT2D eigenvalue weighted by atomic mass is 10.1. The number of benzene rings is 2. The number of piperidine rings is 1. The lowest BCUT2D eigenvalue weighted by molar-refractivity contribution is 0.275. The SMILES string of the molecule is CS(=O)(=O)N1C[C@@H]2C(c3ccc4cc(CN5Cc6ccccc6C5)ccc4n3)[C@@H]2C1. The molecule has 0 amide bonds. The molecule has 0 bridgehead atoms.